The van der Waals surface area contributed by atoms with Crippen LogP contribution in [0.2, 0.25) is 0 Å². The van der Waals surface area contributed by atoms with Crippen LogP contribution in [0.15, 0.2) is 30.3 Å². The van der Waals surface area contributed by atoms with Gasteiger partial charge in [-0.05, 0) is 51.0 Å². The summed E-state index contributed by atoms with van der Waals surface area (Å²) >= 11 is 0. The van der Waals surface area contributed by atoms with Crippen molar-refractivity contribution in [2.24, 2.45) is 10.8 Å². The Hall–Kier alpha value is -1.35. The molecular formula is C19H30O3. The van der Waals surface area contributed by atoms with Crippen LogP contribution in [0.3, 0.4) is 0 Å². The molecule has 2 unspecified atom stereocenters. The monoisotopic (exact) mass is 306 g/mol. The first-order chi connectivity index (χ1) is 10.2. The quantitative estimate of drug-likeness (QED) is 0.715. The molecule has 0 heterocycles. The molecule has 0 fully saturated rings. The third-order valence-electron chi connectivity index (χ3n) is 4.94. The van der Waals surface area contributed by atoms with Gasteiger partial charge in [-0.15, -0.1) is 0 Å². The van der Waals surface area contributed by atoms with Gasteiger partial charge in [0, 0.05) is 0 Å². The molecule has 1 rings (SSSR count). The van der Waals surface area contributed by atoms with Crippen LogP contribution < -0.4 is 0 Å². The fourth-order valence-corrected chi connectivity index (χ4v) is 3.35. The van der Waals surface area contributed by atoms with Crippen LogP contribution in [0.1, 0.15) is 58.9 Å². The summed E-state index contributed by atoms with van der Waals surface area (Å²) in [4.78, 5) is 11.9. The average Bonchev–Trinajstić information content (AvgIpc) is 2.44. The Morgan fingerprint density at radius 1 is 1.23 bits per heavy atom. The van der Waals surface area contributed by atoms with Gasteiger partial charge in [0.25, 0.3) is 0 Å². The van der Waals surface area contributed by atoms with Crippen molar-refractivity contribution in [1.29, 1.82) is 0 Å². The van der Waals surface area contributed by atoms with E-state index < -0.39 is 22.9 Å². The SMILES string of the molecule is CCCCC(Cc1ccccc1)(CC(C)O)C(C)(C)C(=O)O. The number of rotatable bonds is 9. The third-order valence-corrected chi connectivity index (χ3v) is 4.94. The molecule has 3 heteroatoms. The number of carbonyl (C=O) groups is 1. The summed E-state index contributed by atoms with van der Waals surface area (Å²) in [6, 6.07) is 10.0. The Bertz CT molecular complexity index is 465. The van der Waals surface area contributed by atoms with Gasteiger partial charge < -0.3 is 10.2 Å². The molecule has 0 aliphatic heterocycles. The van der Waals surface area contributed by atoms with Gasteiger partial charge in [-0.1, -0.05) is 50.1 Å². The van der Waals surface area contributed by atoms with E-state index in [9.17, 15) is 15.0 Å². The molecule has 0 aliphatic rings. The van der Waals surface area contributed by atoms with E-state index in [-0.39, 0.29) is 0 Å². The lowest BCUT2D eigenvalue weighted by Crippen LogP contribution is -2.47. The maximum absolute atomic E-state index is 11.9. The van der Waals surface area contributed by atoms with Crippen LogP contribution in [0.5, 0.6) is 0 Å². The molecule has 1 aromatic rings. The van der Waals surface area contributed by atoms with E-state index >= 15 is 0 Å². The van der Waals surface area contributed by atoms with Crippen molar-refractivity contribution in [3.05, 3.63) is 35.9 Å². The predicted octanol–water partition coefficient (Wildman–Crippen LogP) is 4.29. The summed E-state index contributed by atoms with van der Waals surface area (Å²) in [7, 11) is 0. The summed E-state index contributed by atoms with van der Waals surface area (Å²) in [5, 5.41) is 19.8. The normalized spacial score (nSPS) is 16.0. The van der Waals surface area contributed by atoms with Gasteiger partial charge in [0.1, 0.15) is 0 Å². The van der Waals surface area contributed by atoms with E-state index in [1.54, 1.807) is 20.8 Å². The first-order valence-electron chi connectivity index (χ1n) is 8.20. The van der Waals surface area contributed by atoms with E-state index in [0.717, 1.165) is 24.8 Å². The lowest BCUT2D eigenvalue weighted by molar-refractivity contribution is -0.157. The molecule has 0 aliphatic carbocycles. The number of benzene rings is 1. The van der Waals surface area contributed by atoms with E-state index in [1.165, 1.54) is 0 Å². The first kappa shape index (κ1) is 18.7. The average molecular weight is 306 g/mol. The second kappa shape index (κ2) is 7.77. The molecule has 2 N–H and O–H groups in total. The molecule has 1 aromatic carbocycles. The first-order valence-corrected chi connectivity index (χ1v) is 8.20. The molecular weight excluding hydrogens is 276 g/mol. The zero-order valence-corrected chi connectivity index (χ0v) is 14.3. The zero-order chi connectivity index (χ0) is 16.8. The lowest BCUT2D eigenvalue weighted by Gasteiger charge is -2.46. The van der Waals surface area contributed by atoms with Gasteiger partial charge in [-0.25, -0.2) is 0 Å². The van der Waals surface area contributed by atoms with Crippen LogP contribution in [0.4, 0.5) is 0 Å². The highest BCUT2D eigenvalue weighted by molar-refractivity contribution is 5.75. The zero-order valence-electron chi connectivity index (χ0n) is 14.3. The van der Waals surface area contributed by atoms with E-state index in [4.69, 9.17) is 0 Å². The fraction of sp³-hybridized carbons (Fsp3) is 0.632. The highest BCUT2D eigenvalue weighted by Crippen LogP contribution is 2.49. The van der Waals surface area contributed by atoms with Crippen molar-refractivity contribution in [3.63, 3.8) is 0 Å². The second-order valence-corrected chi connectivity index (χ2v) is 7.03. The van der Waals surface area contributed by atoms with Crippen molar-refractivity contribution < 1.29 is 15.0 Å². The second-order valence-electron chi connectivity index (χ2n) is 7.03. The molecule has 0 spiro atoms. The number of hydrogen-bond acceptors (Lipinski definition) is 2. The molecule has 3 nitrogen and oxygen atoms in total. The van der Waals surface area contributed by atoms with Gasteiger partial charge in [0.05, 0.1) is 11.5 Å². The van der Waals surface area contributed by atoms with E-state index in [1.807, 2.05) is 30.3 Å². The van der Waals surface area contributed by atoms with Gasteiger partial charge in [0.2, 0.25) is 0 Å². The van der Waals surface area contributed by atoms with Gasteiger partial charge >= 0.3 is 5.97 Å². The summed E-state index contributed by atoms with van der Waals surface area (Å²) in [5.74, 6) is -0.791. The van der Waals surface area contributed by atoms with Crippen molar-refractivity contribution in [2.45, 2.75) is 65.9 Å². The Morgan fingerprint density at radius 3 is 2.27 bits per heavy atom. The Labute approximate surface area is 134 Å². The van der Waals surface area contributed by atoms with Crippen molar-refractivity contribution in [3.8, 4) is 0 Å². The predicted molar refractivity (Wildman–Crippen MR) is 89.8 cm³/mol. The van der Waals surface area contributed by atoms with Gasteiger partial charge in [-0.3, -0.25) is 4.79 Å². The standard InChI is InChI=1S/C19H30O3/c1-5-6-12-19(13-15(2)20,18(3,4)17(21)22)14-16-10-8-7-9-11-16/h7-11,15,20H,5-6,12-14H2,1-4H3,(H,21,22). The smallest absolute Gasteiger partial charge is 0.309 e. The largest absolute Gasteiger partial charge is 0.481 e. The number of aliphatic hydroxyl groups excluding tert-OH is 1. The maximum atomic E-state index is 11.9. The third kappa shape index (κ3) is 4.33. The molecule has 22 heavy (non-hydrogen) atoms. The minimum absolute atomic E-state index is 0.454. The Morgan fingerprint density at radius 2 is 1.82 bits per heavy atom. The minimum atomic E-state index is -0.894. The number of hydrogen-bond donors (Lipinski definition) is 2. The van der Waals surface area contributed by atoms with Gasteiger partial charge in [0.15, 0.2) is 0 Å². The van der Waals surface area contributed by atoms with Crippen LogP contribution >= 0.6 is 0 Å². The van der Waals surface area contributed by atoms with Crippen LogP contribution in [-0.4, -0.2) is 22.3 Å². The fourth-order valence-electron chi connectivity index (χ4n) is 3.35. The molecule has 0 saturated carbocycles. The summed E-state index contributed by atoms with van der Waals surface area (Å²) in [6.07, 6.45) is 3.46. The van der Waals surface area contributed by atoms with E-state index in [2.05, 4.69) is 6.92 Å². The van der Waals surface area contributed by atoms with Gasteiger partial charge in [-0.2, -0.15) is 0 Å². The maximum Gasteiger partial charge on any atom is 0.309 e. The summed E-state index contributed by atoms with van der Waals surface area (Å²) in [5.41, 5.74) is -0.215. The Kier molecular flexibility index (Phi) is 6.61. The molecule has 0 saturated heterocycles. The molecule has 0 radical (unpaired) electrons. The number of aliphatic carboxylic acids is 1. The number of carboxylic acid groups (broad SMARTS) is 1. The highest BCUT2D eigenvalue weighted by Gasteiger charge is 2.49. The van der Waals surface area contributed by atoms with Crippen LogP contribution in [0, 0.1) is 10.8 Å². The highest BCUT2D eigenvalue weighted by atomic mass is 16.4. The molecule has 124 valence electrons. The lowest BCUT2D eigenvalue weighted by atomic mass is 9.58. The van der Waals surface area contributed by atoms with Crippen LogP contribution in [-0.2, 0) is 11.2 Å². The van der Waals surface area contributed by atoms with Crippen molar-refractivity contribution >= 4 is 5.97 Å². The van der Waals surface area contributed by atoms with Crippen molar-refractivity contribution in [2.75, 3.05) is 0 Å². The van der Waals surface area contributed by atoms with Crippen LogP contribution in [0.25, 0.3) is 0 Å². The number of aliphatic hydroxyl groups is 1. The molecule has 0 aromatic heterocycles. The number of unbranched alkanes of at least 4 members (excludes halogenated alkanes) is 1. The molecule has 0 amide bonds. The van der Waals surface area contributed by atoms with Crippen molar-refractivity contribution in [1.82, 2.24) is 0 Å². The molecule has 2 atom stereocenters. The summed E-state index contributed by atoms with van der Waals surface area (Å²) in [6.45, 7) is 7.47. The van der Waals surface area contributed by atoms with E-state index in [0.29, 0.717) is 12.8 Å². The Balaban J connectivity index is 3.27. The molecule has 0 bridgehead atoms. The number of carboxylic acids is 1. The minimum Gasteiger partial charge on any atom is -0.481 e. The summed E-state index contributed by atoms with van der Waals surface area (Å²) < 4.78 is 0. The topological polar surface area (TPSA) is 57.5 Å².